The van der Waals surface area contributed by atoms with Gasteiger partial charge in [0.1, 0.15) is 13.3 Å². The van der Waals surface area contributed by atoms with Crippen LogP contribution in [-0.4, -0.2) is 24.3 Å². The van der Waals surface area contributed by atoms with E-state index in [1.807, 2.05) is 12.1 Å². The van der Waals surface area contributed by atoms with Crippen molar-refractivity contribution in [2.75, 3.05) is 7.05 Å². The van der Waals surface area contributed by atoms with E-state index in [0.717, 1.165) is 5.56 Å². The molecule has 0 saturated carbocycles. The molecule has 0 aromatic heterocycles. The average molecular weight is 281 g/mol. The summed E-state index contributed by atoms with van der Waals surface area (Å²) in [5, 5.41) is 7.54. The van der Waals surface area contributed by atoms with E-state index in [0.29, 0.717) is 13.3 Å². The predicted molar refractivity (Wildman–Crippen MR) is 75.3 cm³/mol. The quantitative estimate of drug-likeness (QED) is 0.200. The largest absolute Gasteiger partial charge is 0.485 e. The molecule has 1 aromatic rings. The van der Waals surface area contributed by atoms with Crippen molar-refractivity contribution >= 4 is 25.5 Å². The number of ether oxygens (including phenoxy) is 1. The maximum atomic E-state index is 8.25. The van der Waals surface area contributed by atoms with Gasteiger partial charge in [-0.3, -0.25) is 0 Å². The zero-order valence-electron chi connectivity index (χ0n) is 9.96. The molecule has 0 unspecified atom stereocenters. The third-order valence-electron chi connectivity index (χ3n) is 1.89. The van der Waals surface area contributed by atoms with E-state index in [9.17, 15) is 0 Å². The third-order valence-corrected chi connectivity index (χ3v) is 2.94. The molecule has 6 nitrogen and oxygen atoms in total. The molecular weight excluding hydrogens is 269 g/mol. The first-order valence-electron chi connectivity index (χ1n) is 5.07. The van der Waals surface area contributed by atoms with Gasteiger partial charge in [0.25, 0.3) is 0 Å². The lowest BCUT2D eigenvalue weighted by atomic mass is 10.2. The second-order valence-electron chi connectivity index (χ2n) is 3.31. The minimum atomic E-state index is -0.528. The molecule has 0 aliphatic rings. The van der Waals surface area contributed by atoms with Crippen molar-refractivity contribution in [1.29, 1.82) is 0 Å². The molecular formula is C10H12N5OPS. The SMILES string of the molecule is C[C@@H](N=[N+]=[N-])Oc1ccc(/C=N/N(C)P=S)cc1. The normalized spacial score (nSPS) is 12.1. The maximum Gasteiger partial charge on any atom is 0.174 e. The molecule has 1 aromatic carbocycles. The lowest BCUT2D eigenvalue weighted by Crippen LogP contribution is -2.06. The van der Waals surface area contributed by atoms with Crippen LogP contribution in [0, 0.1) is 0 Å². The van der Waals surface area contributed by atoms with Crippen LogP contribution in [0.25, 0.3) is 10.4 Å². The molecule has 0 aliphatic heterocycles. The number of rotatable bonds is 6. The van der Waals surface area contributed by atoms with Gasteiger partial charge in [0.05, 0.1) is 6.21 Å². The minimum absolute atomic E-state index is 0.528. The Morgan fingerprint density at radius 1 is 1.50 bits per heavy atom. The summed E-state index contributed by atoms with van der Waals surface area (Å²) >= 11 is 4.81. The third kappa shape index (κ3) is 5.10. The summed E-state index contributed by atoms with van der Waals surface area (Å²) in [6, 6.07) is 7.29. The Kier molecular flexibility index (Phi) is 6.08. The highest BCUT2D eigenvalue weighted by Gasteiger charge is 2.00. The van der Waals surface area contributed by atoms with Gasteiger partial charge in [0.15, 0.2) is 6.23 Å². The Morgan fingerprint density at radius 2 is 2.17 bits per heavy atom. The molecule has 0 fully saturated rings. The van der Waals surface area contributed by atoms with Crippen molar-refractivity contribution in [2.45, 2.75) is 13.2 Å². The number of hydrogen-bond acceptors (Lipinski definition) is 4. The van der Waals surface area contributed by atoms with Crippen LogP contribution in [0.3, 0.4) is 0 Å². The summed E-state index contributed by atoms with van der Waals surface area (Å²) in [6.07, 6.45) is 1.18. The van der Waals surface area contributed by atoms with Gasteiger partial charge < -0.3 is 4.74 Å². The zero-order chi connectivity index (χ0) is 13.4. The van der Waals surface area contributed by atoms with Gasteiger partial charge in [0.2, 0.25) is 0 Å². The summed E-state index contributed by atoms with van der Waals surface area (Å²) < 4.78 is 6.99. The Bertz CT molecular complexity index is 472. The van der Waals surface area contributed by atoms with Crippen LogP contribution in [0.5, 0.6) is 5.75 Å². The highest BCUT2D eigenvalue weighted by Crippen LogP contribution is 2.13. The summed E-state index contributed by atoms with van der Waals surface area (Å²) in [7, 11) is 2.46. The zero-order valence-corrected chi connectivity index (χ0v) is 11.7. The van der Waals surface area contributed by atoms with Crippen LogP contribution >= 0.6 is 7.51 Å². The van der Waals surface area contributed by atoms with Crippen molar-refractivity contribution in [3.8, 4) is 5.75 Å². The van der Waals surface area contributed by atoms with Crippen molar-refractivity contribution < 1.29 is 4.74 Å². The summed E-state index contributed by atoms with van der Waals surface area (Å²) in [6.45, 7) is 1.67. The fourth-order valence-corrected chi connectivity index (χ4v) is 1.32. The number of hydrogen-bond donors (Lipinski definition) is 0. The van der Waals surface area contributed by atoms with Gasteiger partial charge in [-0.05, 0) is 54.1 Å². The lowest BCUT2D eigenvalue weighted by molar-refractivity contribution is 0.230. The fourth-order valence-electron chi connectivity index (χ4n) is 1.10. The van der Waals surface area contributed by atoms with Gasteiger partial charge in [0, 0.05) is 12.0 Å². The molecule has 0 N–H and O–H groups in total. The smallest absolute Gasteiger partial charge is 0.174 e. The van der Waals surface area contributed by atoms with Crippen LogP contribution in [0.1, 0.15) is 12.5 Å². The fraction of sp³-hybridized carbons (Fsp3) is 0.300. The molecule has 0 bridgehead atoms. The lowest BCUT2D eigenvalue weighted by Gasteiger charge is -2.09. The topological polar surface area (TPSA) is 73.6 Å². The van der Waals surface area contributed by atoms with Gasteiger partial charge in [-0.2, -0.15) is 5.10 Å². The Morgan fingerprint density at radius 3 is 2.72 bits per heavy atom. The van der Waals surface area contributed by atoms with Crippen LogP contribution in [0.4, 0.5) is 0 Å². The Hall–Kier alpha value is -1.68. The van der Waals surface area contributed by atoms with Gasteiger partial charge in [-0.15, -0.1) is 0 Å². The molecule has 0 amide bonds. The maximum absolute atomic E-state index is 8.25. The summed E-state index contributed by atoms with van der Waals surface area (Å²) in [5.74, 6) is 0.641. The molecule has 0 spiro atoms. The van der Waals surface area contributed by atoms with Crippen molar-refractivity contribution in [2.24, 2.45) is 10.2 Å². The van der Waals surface area contributed by atoms with Crippen molar-refractivity contribution in [1.82, 2.24) is 4.78 Å². The van der Waals surface area contributed by atoms with Gasteiger partial charge in [-0.1, -0.05) is 5.11 Å². The Balaban J connectivity index is 2.65. The van der Waals surface area contributed by atoms with E-state index in [1.54, 1.807) is 37.1 Å². The number of nitrogens with zero attached hydrogens (tertiary/aromatic N) is 5. The number of azide groups is 1. The van der Waals surface area contributed by atoms with E-state index in [1.165, 1.54) is 0 Å². The van der Waals surface area contributed by atoms with Crippen LogP contribution in [0.2, 0.25) is 0 Å². The van der Waals surface area contributed by atoms with E-state index in [2.05, 4.69) is 15.1 Å². The molecule has 0 saturated heterocycles. The van der Waals surface area contributed by atoms with Crippen LogP contribution in [0.15, 0.2) is 34.5 Å². The van der Waals surface area contributed by atoms with Gasteiger partial charge >= 0.3 is 0 Å². The summed E-state index contributed by atoms with van der Waals surface area (Å²) in [4.78, 5) is 2.67. The highest BCUT2D eigenvalue weighted by molar-refractivity contribution is 7.95. The van der Waals surface area contributed by atoms with E-state index >= 15 is 0 Å². The second kappa shape index (κ2) is 7.61. The average Bonchev–Trinajstić information content (AvgIpc) is 2.37. The van der Waals surface area contributed by atoms with Crippen molar-refractivity contribution in [3.63, 3.8) is 0 Å². The standard InChI is InChI=1S/C10H12N5OPS/c1-8(13-14-11)16-10-5-3-9(4-6-10)7-12-15(2)17-18/h3-8H,1-2H3/b12-7+/t8-/m0/s1. The highest BCUT2D eigenvalue weighted by atomic mass is 32.4. The first-order valence-corrected chi connectivity index (χ1v) is 6.93. The van der Waals surface area contributed by atoms with Crippen LogP contribution < -0.4 is 4.74 Å². The molecule has 1 atom stereocenters. The molecule has 0 radical (unpaired) electrons. The molecule has 0 heterocycles. The minimum Gasteiger partial charge on any atom is -0.485 e. The van der Waals surface area contributed by atoms with E-state index in [-0.39, 0.29) is 0 Å². The molecule has 8 heteroatoms. The summed E-state index contributed by atoms with van der Waals surface area (Å²) in [5.41, 5.74) is 9.19. The Labute approximate surface area is 112 Å². The monoisotopic (exact) mass is 281 g/mol. The number of hydrazone groups is 1. The predicted octanol–water partition coefficient (Wildman–Crippen LogP) is 3.31. The molecule has 18 heavy (non-hydrogen) atoms. The molecule has 1 rings (SSSR count). The van der Waals surface area contributed by atoms with Crippen molar-refractivity contribution in [3.05, 3.63) is 40.3 Å². The molecule has 0 aliphatic carbocycles. The second-order valence-corrected chi connectivity index (χ2v) is 4.54. The van der Waals surface area contributed by atoms with Crippen LogP contribution in [-0.2, 0) is 11.8 Å². The first kappa shape index (κ1) is 14.4. The first-order chi connectivity index (χ1) is 8.65. The van der Waals surface area contributed by atoms with E-state index in [4.69, 9.17) is 22.1 Å². The molecule has 94 valence electrons. The van der Waals surface area contributed by atoms with E-state index < -0.39 is 6.23 Å². The van der Waals surface area contributed by atoms with Gasteiger partial charge in [-0.25, -0.2) is 4.78 Å². The number of benzene rings is 1.